The number of esters is 2. The van der Waals surface area contributed by atoms with Gasteiger partial charge < -0.3 is 14.6 Å². The molecule has 0 aromatic carbocycles. The van der Waals surface area contributed by atoms with Gasteiger partial charge in [0.15, 0.2) is 6.10 Å². The van der Waals surface area contributed by atoms with E-state index in [1.54, 1.807) is 0 Å². The third kappa shape index (κ3) is 65.3. The van der Waals surface area contributed by atoms with E-state index in [9.17, 15) is 14.7 Å². The second-order valence-corrected chi connectivity index (χ2v) is 20.4. The molecule has 1 N–H and O–H groups in total. The van der Waals surface area contributed by atoms with Gasteiger partial charge in [-0.2, -0.15) is 0 Å². The zero-order valence-corrected chi connectivity index (χ0v) is 51.0. The molecule has 0 aliphatic heterocycles. The second-order valence-electron chi connectivity index (χ2n) is 20.4. The number of hydrogen-bond acceptors (Lipinski definition) is 5. The molecular weight excluding hydrogens is 981 g/mol. The van der Waals surface area contributed by atoms with Crippen LogP contribution >= 0.6 is 0 Å². The van der Waals surface area contributed by atoms with E-state index in [2.05, 4.69) is 208 Å². The minimum absolute atomic E-state index is 0.0866. The summed E-state index contributed by atoms with van der Waals surface area (Å²) in [6.07, 6.45) is 108. The predicted molar refractivity (Wildman–Crippen MR) is 352 cm³/mol. The average molecular weight is 1100 g/mol. The van der Waals surface area contributed by atoms with Crippen molar-refractivity contribution in [1.82, 2.24) is 0 Å². The molecule has 446 valence electrons. The summed E-state index contributed by atoms with van der Waals surface area (Å²) in [5.74, 6) is -0.623. The Morgan fingerprint density at radius 1 is 0.287 bits per heavy atom. The third-order valence-corrected chi connectivity index (χ3v) is 12.9. The molecule has 0 fully saturated rings. The third-order valence-electron chi connectivity index (χ3n) is 12.9. The summed E-state index contributed by atoms with van der Waals surface area (Å²) in [4.78, 5) is 24.6. The molecule has 0 amide bonds. The Morgan fingerprint density at radius 3 is 0.750 bits per heavy atom. The monoisotopic (exact) mass is 1100 g/mol. The van der Waals surface area contributed by atoms with Crippen LogP contribution in [-0.2, 0) is 19.1 Å². The highest BCUT2D eigenvalue weighted by atomic mass is 16.6. The fraction of sp³-hybridized carbons (Fsp3) is 0.547. The Morgan fingerprint density at radius 2 is 0.500 bits per heavy atom. The van der Waals surface area contributed by atoms with Crippen molar-refractivity contribution in [3.8, 4) is 0 Å². The van der Waals surface area contributed by atoms with Crippen molar-refractivity contribution in [2.75, 3.05) is 13.2 Å². The van der Waals surface area contributed by atoms with E-state index in [-0.39, 0.29) is 25.2 Å². The van der Waals surface area contributed by atoms with Gasteiger partial charge in [-0.1, -0.05) is 285 Å². The van der Waals surface area contributed by atoms with Crippen LogP contribution in [0.15, 0.2) is 194 Å². The molecule has 0 radical (unpaired) electrons. The zero-order valence-electron chi connectivity index (χ0n) is 51.0. The number of allylic oxidation sites excluding steroid dienone is 32. The number of ether oxygens (including phenoxy) is 2. The predicted octanol–water partition coefficient (Wildman–Crippen LogP) is 22.4. The zero-order chi connectivity index (χ0) is 57.6. The fourth-order valence-corrected chi connectivity index (χ4v) is 8.17. The van der Waals surface area contributed by atoms with Crippen LogP contribution in [0, 0.1) is 0 Å². The van der Waals surface area contributed by atoms with Gasteiger partial charge in [0.05, 0.1) is 6.61 Å². The van der Waals surface area contributed by atoms with E-state index in [0.717, 1.165) is 154 Å². The van der Waals surface area contributed by atoms with Crippen LogP contribution in [0.1, 0.15) is 245 Å². The second kappa shape index (κ2) is 68.0. The average Bonchev–Trinajstić information content (AvgIpc) is 3.46. The van der Waals surface area contributed by atoms with Gasteiger partial charge in [-0.05, 0) is 141 Å². The molecule has 5 heteroatoms. The molecule has 5 nitrogen and oxygen atoms in total. The Balaban J connectivity index is 3.63. The van der Waals surface area contributed by atoms with E-state index in [4.69, 9.17) is 9.47 Å². The number of carbonyl (C=O) groups excluding carboxylic acids is 2. The van der Waals surface area contributed by atoms with E-state index >= 15 is 0 Å². The number of unbranched alkanes of at least 4 members (excludes halogenated alkanes) is 16. The lowest BCUT2D eigenvalue weighted by atomic mass is 10.1. The van der Waals surface area contributed by atoms with Crippen molar-refractivity contribution in [3.63, 3.8) is 0 Å². The number of hydrogen-bond donors (Lipinski definition) is 1. The molecule has 0 saturated carbocycles. The first-order valence-corrected chi connectivity index (χ1v) is 32.0. The van der Waals surface area contributed by atoms with Crippen LogP contribution in [0.3, 0.4) is 0 Å². The maximum absolute atomic E-state index is 12.3. The molecular formula is C75H116O5. The van der Waals surface area contributed by atoms with Crippen molar-refractivity contribution >= 4 is 11.9 Å². The van der Waals surface area contributed by atoms with Crippen molar-refractivity contribution in [3.05, 3.63) is 194 Å². The summed E-state index contributed by atoms with van der Waals surface area (Å²) in [5.41, 5.74) is 0. The van der Waals surface area contributed by atoms with Gasteiger partial charge in [-0.3, -0.25) is 9.59 Å². The highest BCUT2D eigenvalue weighted by molar-refractivity contribution is 5.70. The summed E-state index contributed by atoms with van der Waals surface area (Å²) in [5, 5.41) is 9.69. The maximum Gasteiger partial charge on any atom is 0.306 e. The standard InChI is InChI=1S/C75H116O5/c1-3-5-7-9-11-13-15-17-19-21-23-25-27-29-31-33-35-36-37-38-40-42-44-46-48-50-52-54-56-58-60-62-64-66-68-70-75(78)80-73(71-76)72-79-74(77)69-67-65-63-61-59-57-55-53-51-49-47-45-43-41-39-34-32-30-28-26-24-22-20-18-16-14-12-10-8-6-4-2/h5-8,11-14,17-20,23-26,29-32,35-36,38-41,44-47,50,52,73,76H,3-4,9-10,15-16,21-22,27-28,33-34,37,42-43,48-49,51,53-72H2,1-2H3/b7-5-,8-6-,13-11-,14-12-,19-17-,20-18-,25-23-,26-24-,31-29-,32-30-,36-35-,40-38-,41-39-,46-44-,47-45-,52-50-. The fourth-order valence-electron chi connectivity index (χ4n) is 8.17. The van der Waals surface area contributed by atoms with Gasteiger partial charge in [0, 0.05) is 12.8 Å². The van der Waals surface area contributed by atoms with Crippen LogP contribution in [0.25, 0.3) is 0 Å². The van der Waals surface area contributed by atoms with E-state index in [1.807, 2.05) is 0 Å². The van der Waals surface area contributed by atoms with Crippen molar-refractivity contribution in [2.24, 2.45) is 0 Å². The van der Waals surface area contributed by atoms with Gasteiger partial charge in [0.2, 0.25) is 0 Å². The molecule has 0 bridgehead atoms. The Labute approximate surface area is 492 Å². The number of carbonyl (C=O) groups is 2. The van der Waals surface area contributed by atoms with Crippen LogP contribution in [-0.4, -0.2) is 36.4 Å². The number of rotatable bonds is 56. The Hall–Kier alpha value is -5.26. The number of aliphatic hydroxyl groups is 1. The van der Waals surface area contributed by atoms with E-state index < -0.39 is 6.10 Å². The normalized spacial score (nSPS) is 13.6. The molecule has 0 aliphatic rings. The van der Waals surface area contributed by atoms with Crippen LogP contribution in [0.5, 0.6) is 0 Å². The highest BCUT2D eigenvalue weighted by Gasteiger charge is 2.16. The van der Waals surface area contributed by atoms with Gasteiger partial charge in [-0.15, -0.1) is 0 Å². The molecule has 0 rings (SSSR count). The lowest BCUT2D eigenvalue weighted by Gasteiger charge is -2.15. The summed E-state index contributed by atoms with van der Waals surface area (Å²) < 4.78 is 10.7. The molecule has 1 atom stereocenters. The largest absolute Gasteiger partial charge is 0.462 e. The lowest BCUT2D eigenvalue weighted by molar-refractivity contribution is -0.161. The topological polar surface area (TPSA) is 72.8 Å². The Bertz CT molecular complexity index is 1870. The van der Waals surface area contributed by atoms with Crippen LogP contribution < -0.4 is 0 Å². The van der Waals surface area contributed by atoms with E-state index in [1.165, 1.54) is 64.2 Å². The molecule has 1 unspecified atom stereocenters. The highest BCUT2D eigenvalue weighted by Crippen LogP contribution is 2.14. The SMILES string of the molecule is CC/C=C\C/C=C\C/C=C\C/C=C\C/C=C\C/C=C\C/C=C\C/C=C\C/C=C\CCCCCCCCCC(=O)OC(CO)COC(=O)CCCCCCCCCCC/C=C\C/C=C\C/C=C\C/C=C\C/C=C\C/C=C\C/C=C\CC. The van der Waals surface area contributed by atoms with E-state index in [0.29, 0.717) is 12.8 Å². The molecule has 0 spiro atoms. The van der Waals surface area contributed by atoms with Gasteiger partial charge in [0.25, 0.3) is 0 Å². The molecule has 0 saturated heterocycles. The lowest BCUT2D eigenvalue weighted by Crippen LogP contribution is -2.28. The van der Waals surface area contributed by atoms with Gasteiger partial charge in [-0.25, -0.2) is 0 Å². The molecule has 0 aromatic rings. The molecule has 80 heavy (non-hydrogen) atoms. The van der Waals surface area contributed by atoms with Crippen molar-refractivity contribution in [1.29, 1.82) is 0 Å². The Kier molecular flexibility index (Phi) is 63.5. The van der Waals surface area contributed by atoms with Crippen molar-refractivity contribution < 1.29 is 24.2 Å². The summed E-state index contributed by atoms with van der Waals surface area (Å²) in [7, 11) is 0. The molecule has 0 aliphatic carbocycles. The summed E-state index contributed by atoms with van der Waals surface area (Å²) in [6, 6.07) is 0. The molecule has 0 aromatic heterocycles. The summed E-state index contributed by atoms with van der Waals surface area (Å²) in [6.45, 7) is 3.89. The van der Waals surface area contributed by atoms with Crippen LogP contribution in [0.4, 0.5) is 0 Å². The maximum atomic E-state index is 12.3. The minimum atomic E-state index is -0.798. The van der Waals surface area contributed by atoms with Gasteiger partial charge >= 0.3 is 11.9 Å². The summed E-state index contributed by atoms with van der Waals surface area (Å²) >= 11 is 0. The first kappa shape index (κ1) is 74.7. The molecule has 0 heterocycles. The first-order valence-electron chi connectivity index (χ1n) is 32.0. The van der Waals surface area contributed by atoms with Gasteiger partial charge in [0.1, 0.15) is 6.61 Å². The first-order chi connectivity index (χ1) is 39.6. The quantitative estimate of drug-likeness (QED) is 0.0373. The smallest absolute Gasteiger partial charge is 0.306 e. The van der Waals surface area contributed by atoms with Crippen molar-refractivity contribution in [2.45, 2.75) is 251 Å². The number of aliphatic hydroxyl groups excluding tert-OH is 1. The van der Waals surface area contributed by atoms with Crippen LogP contribution in [0.2, 0.25) is 0 Å². The minimum Gasteiger partial charge on any atom is -0.462 e.